The molecule has 27 heavy (non-hydrogen) atoms. The number of anilines is 1. The molecule has 0 saturated carbocycles. The third-order valence-electron chi connectivity index (χ3n) is 4.57. The first-order valence-electron chi connectivity index (χ1n) is 9.41. The molecule has 0 amide bonds. The van der Waals surface area contributed by atoms with E-state index in [-0.39, 0.29) is 6.17 Å². The second-order valence-electron chi connectivity index (χ2n) is 6.52. The average Bonchev–Trinajstić information content (AvgIpc) is 2.74. The summed E-state index contributed by atoms with van der Waals surface area (Å²) >= 11 is 0. The molecule has 0 fully saturated rings. The van der Waals surface area contributed by atoms with Crippen LogP contribution in [0, 0.1) is 0 Å². The fraction of sp³-hybridized carbons (Fsp3) is 0.227. The third-order valence-corrected chi connectivity index (χ3v) is 4.57. The van der Waals surface area contributed by atoms with Crippen molar-refractivity contribution in [2.24, 2.45) is 4.99 Å². The quantitative estimate of drug-likeness (QED) is 0.630. The molecule has 1 atom stereocenters. The lowest BCUT2D eigenvalue weighted by Crippen LogP contribution is -2.27. The van der Waals surface area contributed by atoms with Crippen LogP contribution in [-0.2, 0) is 0 Å². The minimum atomic E-state index is -0.174. The van der Waals surface area contributed by atoms with E-state index in [4.69, 9.17) is 9.97 Å². The number of unbranched alkanes of at least 4 members (excludes halogenated alkanes) is 1. The minimum absolute atomic E-state index is 0.174. The predicted octanol–water partition coefficient (Wildman–Crippen LogP) is 4.65. The fourth-order valence-electron chi connectivity index (χ4n) is 3.15. The van der Waals surface area contributed by atoms with Gasteiger partial charge >= 0.3 is 0 Å². The molecule has 4 rings (SSSR count). The molecule has 1 aliphatic rings. The summed E-state index contributed by atoms with van der Waals surface area (Å²) in [5.41, 5.74) is 4.68. The van der Waals surface area contributed by atoms with Crippen molar-refractivity contribution in [1.29, 1.82) is 0 Å². The summed E-state index contributed by atoms with van der Waals surface area (Å²) < 4.78 is 0. The summed E-state index contributed by atoms with van der Waals surface area (Å²) in [5, 5.41) is 6.64. The van der Waals surface area contributed by atoms with Crippen LogP contribution in [0.3, 0.4) is 0 Å². The van der Waals surface area contributed by atoms with Crippen molar-refractivity contribution in [2.45, 2.75) is 25.9 Å². The van der Waals surface area contributed by atoms with Crippen LogP contribution >= 0.6 is 0 Å². The minimum Gasteiger partial charge on any atom is -0.330 e. The van der Waals surface area contributed by atoms with Gasteiger partial charge in [-0.15, -0.1) is 0 Å². The van der Waals surface area contributed by atoms with Crippen molar-refractivity contribution >= 4 is 12.2 Å². The summed E-state index contributed by atoms with van der Waals surface area (Å²) in [6.07, 6.45) is 3.78. The van der Waals surface area contributed by atoms with E-state index in [1.54, 1.807) is 6.34 Å². The van der Waals surface area contributed by atoms with E-state index in [1.807, 2.05) is 36.4 Å². The van der Waals surface area contributed by atoms with Gasteiger partial charge in [-0.2, -0.15) is 0 Å². The van der Waals surface area contributed by atoms with Crippen molar-refractivity contribution in [3.8, 4) is 22.5 Å². The van der Waals surface area contributed by atoms with E-state index in [0.29, 0.717) is 0 Å². The highest BCUT2D eigenvalue weighted by Crippen LogP contribution is 2.34. The molecular formula is C22H23N5. The van der Waals surface area contributed by atoms with E-state index in [2.05, 4.69) is 46.8 Å². The van der Waals surface area contributed by atoms with Gasteiger partial charge < -0.3 is 5.32 Å². The van der Waals surface area contributed by atoms with E-state index < -0.39 is 0 Å². The Morgan fingerprint density at radius 2 is 1.52 bits per heavy atom. The van der Waals surface area contributed by atoms with Crippen LogP contribution in [0.2, 0.25) is 0 Å². The smallest absolute Gasteiger partial charge is 0.157 e. The molecule has 136 valence electrons. The zero-order valence-corrected chi connectivity index (χ0v) is 15.4. The van der Waals surface area contributed by atoms with Crippen LogP contribution in [-0.4, -0.2) is 22.9 Å². The highest BCUT2D eigenvalue weighted by Gasteiger charge is 2.23. The predicted molar refractivity (Wildman–Crippen MR) is 111 cm³/mol. The first-order valence-corrected chi connectivity index (χ1v) is 9.41. The molecule has 1 aromatic heterocycles. The number of rotatable bonds is 6. The number of fused-ring (bicyclic) bond motifs is 1. The molecule has 2 heterocycles. The maximum atomic E-state index is 5.02. The zero-order valence-electron chi connectivity index (χ0n) is 15.4. The highest BCUT2D eigenvalue weighted by atomic mass is 15.2. The number of hydrogen-bond donors (Lipinski definition) is 2. The molecule has 2 aromatic carbocycles. The molecule has 5 nitrogen and oxygen atoms in total. The first-order chi connectivity index (χ1) is 13.4. The van der Waals surface area contributed by atoms with Crippen molar-refractivity contribution in [3.63, 3.8) is 0 Å². The van der Waals surface area contributed by atoms with Crippen LogP contribution < -0.4 is 10.6 Å². The van der Waals surface area contributed by atoms with Gasteiger partial charge in [-0.25, -0.2) is 15.0 Å². The summed E-state index contributed by atoms with van der Waals surface area (Å²) in [6.45, 7) is 3.08. The monoisotopic (exact) mass is 357 g/mol. The second-order valence-corrected chi connectivity index (χ2v) is 6.52. The Balaban J connectivity index is 1.82. The van der Waals surface area contributed by atoms with E-state index >= 15 is 0 Å². The third kappa shape index (κ3) is 3.73. The Bertz CT molecular complexity index is 922. The molecule has 2 N–H and O–H groups in total. The van der Waals surface area contributed by atoms with E-state index in [9.17, 15) is 0 Å². The maximum Gasteiger partial charge on any atom is 0.157 e. The molecule has 0 spiro atoms. The Morgan fingerprint density at radius 3 is 2.15 bits per heavy atom. The summed E-state index contributed by atoms with van der Waals surface area (Å²) in [7, 11) is 0. The van der Waals surface area contributed by atoms with Crippen LogP contribution in [0.5, 0.6) is 0 Å². The van der Waals surface area contributed by atoms with Crippen molar-refractivity contribution in [1.82, 2.24) is 15.3 Å². The van der Waals surface area contributed by atoms with Crippen molar-refractivity contribution in [3.05, 3.63) is 66.4 Å². The lowest BCUT2D eigenvalue weighted by Gasteiger charge is -2.22. The van der Waals surface area contributed by atoms with Gasteiger partial charge in [0.1, 0.15) is 11.9 Å². The summed E-state index contributed by atoms with van der Waals surface area (Å²) in [4.78, 5) is 14.5. The van der Waals surface area contributed by atoms with Crippen LogP contribution in [0.1, 0.15) is 31.6 Å². The molecule has 0 saturated heterocycles. The number of nitrogens with zero attached hydrogens (tertiary/aromatic N) is 3. The van der Waals surface area contributed by atoms with E-state index in [0.717, 1.165) is 53.4 Å². The maximum absolute atomic E-state index is 5.02. The van der Waals surface area contributed by atoms with E-state index in [1.165, 1.54) is 0 Å². The molecular weight excluding hydrogens is 334 g/mol. The van der Waals surface area contributed by atoms with Crippen molar-refractivity contribution < 1.29 is 0 Å². The van der Waals surface area contributed by atoms with Crippen molar-refractivity contribution in [2.75, 3.05) is 11.9 Å². The molecule has 0 bridgehead atoms. The Morgan fingerprint density at radius 1 is 0.889 bits per heavy atom. The standard InChI is InChI=1S/C22H23N5/c1-2-3-14-23-21-20-22(25-15-24-21)27-19(17-12-8-5-9-13-17)18(26-20)16-10-6-4-7-11-16/h4-13,15,21,23H,2-3,14H2,1H3,(H,24,25,27). The van der Waals surface area contributed by atoms with Gasteiger partial charge in [-0.3, -0.25) is 5.32 Å². The van der Waals surface area contributed by atoms with Crippen LogP contribution in [0.25, 0.3) is 22.5 Å². The van der Waals surface area contributed by atoms with Gasteiger partial charge in [0, 0.05) is 11.1 Å². The Labute approximate surface area is 159 Å². The lowest BCUT2D eigenvalue weighted by atomic mass is 10.0. The topological polar surface area (TPSA) is 62.2 Å². The van der Waals surface area contributed by atoms with Gasteiger partial charge in [-0.05, 0) is 13.0 Å². The van der Waals surface area contributed by atoms with Gasteiger partial charge in [0.05, 0.1) is 17.7 Å². The molecule has 0 radical (unpaired) electrons. The lowest BCUT2D eigenvalue weighted by molar-refractivity contribution is 0.526. The molecule has 1 unspecified atom stereocenters. The number of aliphatic imine (C=N–C) groups is 1. The summed E-state index contributed by atoms with van der Waals surface area (Å²) in [6, 6.07) is 20.4. The number of benzene rings is 2. The molecule has 5 heteroatoms. The molecule has 3 aromatic rings. The van der Waals surface area contributed by atoms with Gasteiger partial charge in [0.2, 0.25) is 0 Å². The number of aromatic nitrogens is 2. The summed E-state index contributed by atoms with van der Waals surface area (Å²) in [5.74, 6) is 0.762. The van der Waals surface area contributed by atoms with Crippen LogP contribution in [0.4, 0.5) is 5.82 Å². The Hall–Kier alpha value is -3.05. The fourth-order valence-corrected chi connectivity index (χ4v) is 3.15. The number of hydrogen-bond acceptors (Lipinski definition) is 5. The first kappa shape index (κ1) is 17.4. The van der Waals surface area contributed by atoms with Crippen LogP contribution in [0.15, 0.2) is 65.7 Å². The SMILES string of the molecule is CCCCNC1N=CNc2nc(-c3ccccc3)c(-c3ccccc3)nc21. The molecule has 0 aliphatic carbocycles. The average molecular weight is 357 g/mol. The largest absolute Gasteiger partial charge is 0.330 e. The molecule has 1 aliphatic heterocycles. The van der Waals surface area contributed by atoms with Gasteiger partial charge in [0.25, 0.3) is 0 Å². The normalized spacial score (nSPS) is 15.2. The van der Waals surface area contributed by atoms with Gasteiger partial charge in [0.15, 0.2) is 5.82 Å². The second kappa shape index (κ2) is 8.10. The Kier molecular flexibility index (Phi) is 5.21. The highest BCUT2D eigenvalue weighted by molar-refractivity contribution is 5.83. The zero-order chi connectivity index (χ0) is 18.5. The van der Waals surface area contributed by atoms with Gasteiger partial charge in [-0.1, -0.05) is 74.0 Å². The number of nitrogens with one attached hydrogen (secondary N) is 2.